The van der Waals surface area contributed by atoms with E-state index in [9.17, 15) is 0 Å². The van der Waals surface area contributed by atoms with E-state index in [1.165, 1.54) is 50.9 Å². The van der Waals surface area contributed by atoms with Gasteiger partial charge in [0.15, 0.2) is 5.11 Å². The average Bonchev–Trinajstić information content (AvgIpc) is 3.04. The quantitative estimate of drug-likeness (QED) is 0.712. The van der Waals surface area contributed by atoms with Crippen molar-refractivity contribution in [2.75, 3.05) is 31.5 Å². The molecular formula is C22H32N3OS+. The van der Waals surface area contributed by atoms with Crippen LogP contribution in [0.3, 0.4) is 0 Å². The molecule has 0 bridgehead atoms. The zero-order chi connectivity index (χ0) is 18.9. The van der Waals surface area contributed by atoms with E-state index in [2.05, 4.69) is 41.4 Å². The molecule has 2 heterocycles. The number of aryl methyl sites for hydroxylation is 1. The van der Waals surface area contributed by atoms with E-state index < -0.39 is 0 Å². The van der Waals surface area contributed by atoms with E-state index in [-0.39, 0.29) is 0 Å². The van der Waals surface area contributed by atoms with E-state index in [1.54, 1.807) is 11.2 Å². The summed E-state index contributed by atoms with van der Waals surface area (Å²) in [7, 11) is 0. The molecular weight excluding hydrogens is 354 g/mol. The predicted octanol–water partition coefficient (Wildman–Crippen LogP) is 3.64. The first-order chi connectivity index (χ1) is 13.2. The van der Waals surface area contributed by atoms with Gasteiger partial charge in [-0.1, -0.05) is 17.7 Å². The lowest BCUT2D eigenvalue weighted by atomic mass is 10.2. The third-order valence-corrected chi connectivity index (χ3v) is 5.65. The van der Waals surface area contributed by atoms with Crippen molar-refractivity contribution in [1.29, 1.82) is 0 Å². The molecule has 1 saturated heterocycles. The van der Waals surface area contributed by atoms with Crippen molar-refractivity contribution >= 4 is 23.0 Å². The molecule has 0 amide bonds. The molecule has 4 nitrogen and oxygen atoms in total. The Morgan fingerprint density at radius 3 is 2.52 bits per heavy atom. The van der Waals surface area contributed by atoms with Crippen LogP contribution in [0.2, 0.25) is 0 Å². The number of furan rings is 1. The van der Waals surface area contributed by atoms with Gasteiger partial charge in [0.05, 0.1) is 32.4 Å². The molecule has 1 aliphatic heterocycles. The fourth-order valence-electron chi connectivity index (χ4n) is 3.68. The van der Waals surface area contributed by atoms with Gasteiger partial charge >= 0.3 is 0 Å². The molecule has 1 aromatic heterocycles. The van der Waals surface area contributed by atoms with Gasteiger partial charge in [-0.15, -0.1) is 0 Å². The van der Waals surface area contributed by atoms with Crippen molar-refractivity contribution in [3.63, 3.8) is 0 Å². The first-order valence-electron chi connectivity index (χ1n) is 10.2. The van der Waals surface area contributed by atoms with Gasteiger partial charge in [-0.25, -0.2) is 0 Å². The van der Waals surface area contributed by atoms with Gasteiger partial charge in [0.25, 0.3) is 0 Å². The number of thiocarbonyl (C=S) groups is 1. The van der Waals surface area contributed by atoms with E-state index in [0.717, 1.165) is 29.5 Å². The van der Waals surface area contributed by atoms with Crippen LogP contribution in [0.1, 0.15) is 43.4 Å². The normalized spacial score (nSPS) is 15.3. The topological polar surface area (TPSA) is 32.9 Å². The molecule has 0 unspecified atom stereocenters. The summed E-state index contributed by atoms with van der Waals surface area (Å²) in [5.41, 5.74) is 2.28. The Morgan fingerprint density at radius 1 is 1.11 bits per heavy atom. The SMILES string of the molecule is Cc1ccc(NC(=S)N(CCC[NH+]2CCCCCC2)Cc2ccco2)cc1. The highest BCUT2D eigenvalue weighted by molar-refractivity contribution is 7.80. The lowest BCUT2D eigenvalue weighted by molar-refractivity contribution is -0.899. The lowest BCUT2D eigenvalue weighted by Gasteiger charge is -2.26. The molecule has 1 aromatic carbocycles. The number of hydrogen-bond acceptors (Lipinski definition) is 2. The first-order valence-corrected chi connectivity index (χ1v) is 10.6. The monoisotopic (exact) mass is 386 g/mol. The molecule has 1 fully saturated rings. The van der Waals surface area contributed by atoms with Gasteiger partial charge in [-0.2, -0.15) is 0 Å². The van der Waals surface area contributed by atoms with Gasteiger partial charge in [0, 0.05) is 18.7 Å². The molecule has 2 aromatic rings. The summed E-state index contributed by atoms with van der Waals surface area (Å²) in [5.74, 6) is 0.949. The number of likely N-dealkylation sites (tertiary alicyclic amines) is 1. The zero-order valence-corrected chi connectivity index (χ0v) is 17.2. The molecule has 3 rings (SSSR count). The lowest BCUT2D eigenvalue weighted by Crippen LogP contribution is -3.11. The van der Waals surface area contributed by atoms with Crippen LogP contribution in [-0.2, 0) is 6.54 Å². The van der Waals surface area contributed by atoms with Crippen LogP contribution in [0.5, 0.6) is 0 Å². The number of nitrogens with one attached hydrogen (secondary N) is 2. The summed E-state index contributed by atoms with van der Waals surface area (Å²) >= 11 is 5.72. The van der Waals surface area contributed by atoms with E-state index in [1.807, 2.05) is 12.1 Å². The minimum atomic E-state index is 0.708. The van der Waals surface area contributed by atoms with Crippen LogP contribution in [0, 0.1) is 6.92 Å². The number of quaternary nitrogens is 1. The van der Waals surface area contributed by atoms with Crippen LogP contribution >= 0.6 is 12.2 Å². The van der Waals surface area contributed by atoms with Crippen LogP contribution < -0.4 is 10.2 Å². The molecule has 0 radical (unpaired) electrons. The summed E-state index contributed by atoms with van der Waals surface area (Å²) in [5, 5.41) is 4.15. The third kappa shape index (κ3) is 6.67. The molecule has 27 heavy (non-hydrogen) atoms. The van der Waals surface area contributed by atoms with Gasteiger partial charge in [-0.3, -0.25) is 0 Å². The van der Waals surface area contributed by atoms with Crippen molar-refractivity contribution in [3.8, 4) is 0 Å². The number of nitrogens with zero attached hydrogens (tertiary/aromatic N) is 1. The fourth-order valence-corrected chi connectivity index (χ4v) is 3.95. The molecule has 0 atom stereocenters. The molecule has 5 heteroatoms. The van der Waals surface area contributed by atoms with Gasteiger partial charge < -0.3 is 19.5 Å². The Hall–Kier alpha value is -1.85. The molecule has 1 aliphatic rings. The van der Waals surface area contributed by atoms with Gasteiger partial charge in [0.2, 0.25) is 0 Å². The van der Waals surface area contributed by atoms with Gasteiger partial charge in [-0.05, 0) is 69.1 Å². The van der Waals surface area contributed by atoms with Crippen molar-refractivity contribution in [1.82, 2.24) is 4.90 Å². The van der Waals surface area contributed by atoms with Gasteiger partial charge in [0.1, 0.15) is 5.76 Å². The summed E-state index contributed by atoms with van der Waals surface area (Å²) in [6.45, 7) is 7.62. The second-order valence-corrected chi connectivity index (χ2v) is 7.95. The van der Waals surface area contributed by atoms with Crippen molar-refractivity contribution in [2.45, 2.75) is 45.6 Å². The largest absolute Gasteiger partial charge is 0.467 e. The Balaban J connectivity index is 1.55. The van der Waals surface area contributed by atoms with Crippen molar-refractivity contribution in [3.05, 3.63) is 54.0 Å². The minimum Gasteiger partial charge on any atom is -0.467 e. The second kappa shape index (κ2) is 10.5. The summed E-state index contributed by atoms with van der Waals surface area (Å²) in [6, 6.07) is 12.3. The Bertz CT molecular complexity index is 676. The maximum atomic E-state index is 5.72. The summed E-state index contributed by atoms with van der Waals surface area (Å²) in [6.07, 6.45) is 8.42. The third-order valence-electron chi connectivity index (χ3n) is 5.29. The smallest absolute Gasteiger partial charge is 0.173 e. The Labute approximate surface area is 168 Å². The standard InChI is InChI=1S/C22H31N3OS/c1-19-9-11-20(12-10-19)23-22(27)25(18-21-8-6-17-26-21)16-7-15-24-13-4-2-3-5-14-24/h6,8-12,17H,2-5,7,13-16,18H2,1H3,(H,23,27)/p+1. The maximum absolute atomic E-state index is 5.72. The van der Waals surface area contributed by atoms with E-state index in [0.29, 0.717) is 6.54 Å². The van der Waals surface area contributed by atoms with Crippen LogP contribution in [0.25, 0.3) is 0 Å². The average molecular weight is 387 g/mol. The summed E-state index contributed by atoms with van der Waals surface area (Å²) < 4.78 is 5.56. The number of rotatable bonds is 7. The highest BCUT2D eigenvalue weighted by Gasteiger charge is 2.15. The molecule has 146 valence electrons. The maximum Gasteiger partial charge on any atom is 0.173 e. The second-order valence-electron chi connectivity index (χ2n) is 7.56. The highest BCUT2D eigenvalue weighted by Crippen LogP contribution is 2.12. The molecule has 2 N–H and O–H groups in total. The van der Waals surface area contributed by atoms with Crippen LogP contribution in [-0.4, -0.2) is 36.2 Å². The number of anilines is 1. The molecule has 0 saturated carbocycles. The zero-order valence-electron chi connectivity index (χ0n) is 16.4. The Kier molecular flexibility index (Phi) is 7.72. The first kappa shape index (κ1) is 19.9. The number of benzene rings is 1. The van der Waals surface area contributed by atoms with Crippen molar-refractivity contribution in [2.24, 2.45) is 0 Å². The fraction of sp³-hybridized carbons (Fsp3) is 0.500. The van der Waals surface area contributed by atoms with Crippen molar-refractivity contribution < 1.29 is 9.32 Å². The summed E-state index contributed by atoms with van der Waals surface area (Å²) in [4.78, 5) is 3.98. The minimum absolute atomic E-state index is 0.708. The predicted molar refractivity (Wildman–Crippen MR) is 115 cm³/mol. The number of hydrogen-bond donors (Lipinski definition) is 2. The Morgan fingerprint density at radius 2 is 1.85 bits per heavy atom. The van der Waals surface area contributed by atoms with Crippen LogP contribution in [0.4, 0.5) is 5.69 Å². The highest BCUT2D eigenvalue weighted by atomic mass is 32.1. The molecule has 0 aliphatic carbocycles. The molecule has 0 spiro atoms. The van der Waals surface area contributed by atoms with Crippen LogP contribution in [0.15, 0.2) is 47.1 Å². The van der Waals surface area contributed by atoms with E-state index in [4.69, 9.17) is 16.6 Å². The van der Waals surface area contributed by atoms with E-state index >= 15 is 0 Å².